The van der Waals surface area contributed by atoms with Crippen molar-refractivity contribution in [2.24, 2.45) is 5.41 Å². The summed E-state index contributed by atoms with van der Waals surface area (Å²) < 4.78 is 4.79. The van der Waals surface area contributed by atoms with E-state index in [1.807, 2.05) is 24.3 Å². The lowest BCUT2D eigenvalue weighted by atomic mass is 9.84. The van der Waals surface area contributed by atoms with Crippen LogP contribution in [0.5, 0.6) is 0 Å². The normalized spacial score (nSPS) is 21.7. The summed E-state index contributed by atoms with van der Waals surface area (Å²) in [7, 11) is 0. The zero-order valence-corrected chi connectivity index (χ0v) is 14.8. The van der Waals surface area contributed by atoms with Crippen molar-refractivity contribution >= 4 is 11.9 Å². The Hall–Kier alpha value is -1.38. The number of ether oxygens (including phenoxy) is 1. The van der Waals surface area contributed by atoms with E-state index in [1.165, 1.54) is 38.5 Å². The molecule has 0 aliphatic carbocycles. The van der Waals surface area contributed by atoms with Gasteiger partial charge in [-0.2, -0.15) is 0 Å². The molecule has 0 atom stereocenters. The predicted molar refractivity (Wildman–Crippen MR) is 93.9 cm³/mol. The van der Waals surface area contributed by atoms with Crippen LogP contribution in [0, 0.1) is 5.41 Å². The standard InChI is InChI=1S/C20H32O3/c1-3-5-7-9-11-13-15-20(17-18(21)23-19(20)22)16-14-12-10-8-6-4-2/h13-16H,3-12,17H2,1-2H3. The van der Waals surface area contributed by atoms with Gasteiger partial charge in [-0.25, -0.2) is 0 Å². The lowest BCUT2D eigenvalue weighted by Crippen LogP contribution is -2.21. The maximum absolute atomic E-state index is 12.1. The lowest BCUT2D eigenvalue weighted by Gasteiger charge is -2.14. The molecule has 0 radical (unpaired) electrons. The van der Waals surface area contributed by atoms with Gasteiger partial charge in [0, 0.05) is 0 Å². The highest BCUT2D eigenvalue weighted by Crippen LogP contribution is 2.34. The van der Waals surface area contributed by atoms with E-state index in [0.29, 0.717) is 0 Å². The Morgan fingerprint density at radius 3 is 1.78 bits per heavy atom. The molecule has 1 rings (SSSR count). The van der Waals surface area contributed by atoms with Crippen LogP contribution in [-0.2, 0) is 14.3 Å². The molecule has 0 saturated carbocycles. The second kappa shape index (κ2) is 11.2. The van der Waals surface area contributed by atoms with E-state index in [0.717, 1.165) is 25.7 Å². The van der Waals surface area contributed by atoms with Gasteiger partial charge >= 0.3 is 11.9 Å². The molecule has 0 unspecified atom stereocenters. The minimum absolute atomic E-state index is 0.142. The fraction of sp³-hybridized carbons (Fsp3) is 0.700. The highest BCUT2D eigenvalue weighted by atomic mass is 16.6. The summed E-state index contributed by atoms with van der Waals surface area (Å²) in [6, 6.07) is 0. The van der Waals surface area contributed by atoms with Gasteiger partial charge in [-0.3, -0.25) is 9.59 Å². The molecule has 0 aromatic carbocycles. The summed E-state index contributed by atoms with van der Waals surface area (Å²) in [4.78, 5) is 23.6. The first-order valence-corrected chi connectivity index (χ1v) is 9.25. The molecule has 130 valence electrons. The monoisotopic (exact) mass is 320 g/mol. The molecule has 0 aromatic heterocycles. The van der Waals surface area contributed by atoms with E-state index < -0.39 is 17.4 Å². The molecular weight excluding hydrogens is 288 g/mol. The van der Waals surface area contributed by atoms with Crippen molar-refractivity contribution in [2.75, 3.05) is 0 Å². The Kier molecular flexibility index (Phi) is 9.58. The van der Waals surface area contributed by atoms with Crippen LogP contribution in [0.15, 0.2) is 24.3 Å². The maximum Gasteiger partial charge on any atom is 0.328 e. The predicted octanol–water partition coefficient (Wildman–Crippen LogP) is 5.50. The summed E-state index contributed by atoms with van der Waals surface area (Å²) in [5.74, 6) is -0.835. The molecule has 1 saturated heterocycles. The smallest absolute Gasteiger partial charge is 0.328 e. The third kappa shape index (κ3) is 7.15. The topological polar surface area (TPSA) is 43.4 Å². The van der Waals surface area contributed by atoms with Crippen LogP contribution in [0.3, 0.4) is 0 Å². The van der Waals surface area contributed by atoms with Crippen LogP contribution in [0.2, 0.25) is 0 Å². The highest BCUT2D eigenvalue weighted by molar-refractivity contribution is 6.00. The number of allylic oxidation sites excluding steroid dienone is 2. The van der Waals surface area contributed by atoms with Crippen molar-refractivity contribution in [3.8, 4) is 0 Å². The van der Waals surface area contributed by atoms with Crippen LogP contribution in [0.25, 0.3) is 0 Å². The molecule has 0 spiro atoms. The van der Waals surface area contributed by atoms with Crippen molar-refractivity contribution in [1.82, 2.24) is 0 Å². The number of carbonyl (C=O) groups is 2. The molecule has 23 heavy (non-hydrogen) atoms. The van der Waals surface area contributed by atoms with E-state index in [1.54, 1.807) is 0 Å². The number of hydrogen-bond acceptors (Lipinski definition) is 3. The van der Waals surface area contributed by atoms with Crippen LogP contribution >= 0.6 is 0 Å². The van der Waals surface area contributed by atoms with Crippen molar-refractivity contribution < 1.29 is 14.3 Å². The first-order valence-electron chi connectivity index (χ1n) is 9.25. The minimum atomic E-state index is -0.855. The average molecular weight is 320 g/mol. The highest BCUT2D eigenvalue weighted by Gasteiger charge is 2.45. The Morgan fingerprint density at radius 1 is 0.870 bits per heavy atom. The minimum Gasteiger partial charge on any atom is -0.392 e. The van der Waals surface area contributed by atoms with Gasteiger partial charge in [0.2, 0.25) is 0 Å². The van der Waals surface area contributed by atoms with Gasteiger partial charge in [-0.1, -0.05) is 76.7 Å². The van der Waals surface area contributed by atoms with Crippen molar-refractivity contribution in [1.29, 1.82) is 0 Å². The van der Waals surface area contributed by atoms with E-state index in [9.17, 15) is 9.59 Å². The van der Waals surface area contributed by atoms with E-state index in [2.05, 4.69) is 13.8 Å². The third-order valence-corrected chi connectivity index (χ3v) is 4.30. The van der Waals surface area contributed by atoms with Crippen molar-refractivity contribution in [2.45, 2.75) is 84.5 Å². The van der Waals surface area contributed by atoms with E-state index in [4.69, 9.17) is 4.74 Å². The van der Waals surface area contributed by atoms with Gasteiger partial charge in [-0.05, 0) is 25.7 Å². The molecule has 0 amide bonds. The zero-order valence-electron chi connectivity index (χ0n) is 14.8. The first-order chi connectivity index (χ1) is 11.1. The quantitative estimate of drug-likeness (QED) is 0.206. The summed E-state index contributed by atoms with van der Waals surface area (Å²) in [5.41, 5.74) is -0.855. The number of cyclic esters (lactones) is 2. The van der Waals surface area contributed by atoms with Crippen molar-refractivity contribution in [3.05, 3.63) is 24.3 Å². The van der Waals surface area contributed by atoms with Crippen molar-refractivity contribution in [3.63, 3.8) is 0 Å². The van der Waals surface area contributed by atoms with Crippen LogP contribution < -0.4 is 0 Å². The molecule has 1 heterocycles. The molecule has 1 aliphatic rings. The van der Waals surface area contributed by atoms with Gasteiger partial charge in [0.25, 0.3) is 0 Å². The number of rotatable bonds is 12. The molecule has 0 bridgehead atoms. The Morgan fingerprint density at radius 2 is 1.39 bits per heavy atom. The first kappa shape index (κ1) is 19.7. The second-order valence-electron chi connectivity index (χ2n) is 6.48. The maximum atomic E-state index is 12.1. The van der Waals surface area contributed by atoms with Crippen LogP contribution in [-0.4, -0.2) is 11.9 Å². The lowest BCUT2D eigenvalue weighted by molar-refractivity contribution is -0.153. The van der Waals surface area contributed by atoms with Gasteiger partial charge in [0.15, 0.2) is 0 Å². The summed E-state index contributed by atoms with van der Waals surface area (Å²) in [6.45, 7) is 4.38. The number of unbranched alkanes of at least 4 members (excludes halogenated alkanes) is 8. The molecule has 1 fully saturated rings. The second-order valence-corrected chi connectivity index (χ2v) is 6.48. The van der Waals surface area contributed by atoms with Gasteiger partial charge in [0.05, 0.1) is 6.42 Å². The van der Waals surface area contributed by atoms with E-state index >= 15 is 0 Å². The van der Waals surface area contributed by atoms with Crippen LogP contribution in [0.4, 0.5) is 0 Å². The third-order valence-electron chi connectivity index (χ3n) is 4.30. The number of esters is 2. The Balaban J connectivity index is 2.54. The Bertz CT molecular complexity index is 399. The van der Waals surface area contributed by atoms with Gasteiger partial charge < -0.3 is 4.74 Å². The van der Waals surface area contributed by atoms with Gasteiger partial charge in [-0.15, -0.1) is 0 Å². The molecular formula is C20H32O3. The summed E-state index contributed by atoms with van der Waals surface area (Å²) in [5, 5.41) is 0. The fourth-order valence-corrected chi connectivity index (χ4v) is 2.82. The number of carbonyl (C=O) groups excluding carboxylic acids is 2. The SMILES string of the molecule is CCCCCCC=CC1(C=CCCCCCC)CC(=O)OC1=O. The van der Waals surface area contributed by atoms with E-state index in [-0.39, 0.29) is 6.42 Å². The molecule has 1 aliphatic heterocycles. The Labute approximate surface area is 141 Å². The fourth-order valence-electron chi connectivity index (χ4n) is 2.82. The average Bonchev–Trinajstić information content (AvgIpc) is 2.81. The largest absolute Gasteiger partial charge is 0.392 e. The van der Waals surface area contributed by atoms with Gasteiger partial charge in [0.1, 0.15) is 5.41 Å². The number of hydrogen-bond donors (Lipinski definition) is 0. The summed E-state index contributed by atoms with van der Waals surface area (Å²) in [6.07, 6.45) is 19.5. The molecule has 3 nitrogen and oxygen atoms in total. The van der Waals surface area contributed by atoms with Crippen LogP contribution in [0.1, 0.15) is 84.5 Å². The summed E-state index contributed by atoms with van der Waals surface area (Å²) >= 11 is 0. The molecule has 0 aromatic rings. The molecule has 3 heteroatoms. The molecule has 0 N–H and O–H groups in total. The zero-order chi connectivity index (χ0) is 17.0.